The number of fused-ring (bicyclic) bond motifs is 2. The summed E-state index contributed by atoms with van der Waals surface area (Å²) in [6.07, 6.45) is 10.0. The van der Waals surface area contributed by atoms with Gasteiger partial charge in [-0.25, -0.2) is 18.7 Å². The Morgan fingerprint density at radius 3 is 1.55 bits per heavy atom. The Labute approximate surface area is 390 Å². The van der Waals surface area contributed by atoms with E-state index in [1.54, 1.807) is 86.2 Å². The molecule has 0 bridgehead atoms. The molecule has 5 amide bonds. The van der Waals surface area contributed by atoms with E-state index in [0.29, 0.717) is 27.6 Å². The number of carbonyl (C=O) groups excluding carboxylic acids is 5. The van der Waals surface area contributed by atoms with Gasteiger partial charge in [-0.1, -0.05) is 73.9 Å². The Hall–Kier alpha value is -6.10. The van der Waals surface area contributed by atoms with Crippen LogP contribution >= 0.6 is 34.8 Å². The van der Waals surface area contributed by atoms with Gasteiger partial charge in [0, 0.05) is 78.8 Å². The molecule has 2 aliphatic rings. The van der Waals surface area contributed by atoms with Gasteiger partial charge in [0.25, 0.3) is 0 Å². The van der Waals surface area contributed by atoms with Gasteiger partial charge >= 0.3 is 0 Å². The van der Waals surface area contributed by atoms with E-state index in [0.717, 1.165) is 36.5 Å². The first kappa shape index (κ1) is 49.9. The molecule has 0 aliphatic heterocycles. The molecule has 2 aromatic carbocycles. The van der Waals surface area contributed by atoms with E-state index >= 15 is 0 Å². The monoisotopic (exact) mass is 951 g/mol. The first-order valence-corrected chi connectivity index (χ1v) is 21.2. The predicted octanol–water partition coefficient (Wildman–Crippen LogP) is 8.16. The Morgan fingerprint density at radius 2 is 1.09 bits per heavy atom. The van der Waals surface area contributed by atoms with Crippen LogP contribution in [-0.2, 0) is 50.2 Å². The molecular formula is C46H50Cl3F2N9O5. The van der Waals surface area contributed by atoms with Crippen LogP contribution in [0.3, 0.4) is 0 Å². The molecule has 0 saturated heterocycles. The summed E-state index contributed by atoms with van der Waals surface area (Å²) >= 11 is 17.7. The zero-order chi connectivity index (χ0) is 44.8. The minimum absolute atomic E-state index is 0. The average molecular weight is 953 g/mol. The fraction of sp³-hybridized carbons (Fsp3) is 0.326. The number of hydrogen-bond acceptors (Lipinski definition) is 7. The second kappa shape index (κ2) is 22.2. The quantitative estimate of drug-likeness (QED) is 0.0936. The highest BCUT2D eigenvalue weighted by Gasteiger charge is 2.35. The molecule has 6 aromatic rings. The van der Waals surface area contributed by atoms with E-state index in [2.05, 4.69) is 25.9 Å². The minimum atomic E-state index is -0.569. The largest absolute Gasteiger partial charge is 0.350 e. The molecule has 14 nitrogen and oxygen atoms in total. The van der Waals surface area contributed by atoms with Crippen LogP contribution in [0.15, 0.2) is 85.5 Å². The number of nitrogens with one attached hydrogen (secondary N) is 3. The highest BCUT2D eigenvalue weighted by Crippen LogP contribution is 2.30. The van der Waals surface area contributed by atoms with Gasteiger partial charge in [0.15, 0.2) is 0 Å². The normalized spacial score (nSPS) is 12.8. The van der Waals surface area contributed by atoms with Crippen LogP contribution in [0.1, 0.15) is 58.6 Å². The number of anilines is 1. The van der Waals surface area contributed by atoms with Crippen molar-refractivity contribution in [2.75, 3.05) is 18.4 Å². The first-order valence-electron chi connectivity index (χ1n) is 20.1. The summed E-state index contributed by atoms with van der Waals surface area (Å²) in [7, 11) is 0. The summed E-state index contributed by atoms with van der Waals surface area (Å²) in [6.45, 7) is 1.27. The number of pyridine rings is 2. The number of amides is 5. The molecule has 19 heteroatoms. The Morgan fingerprint density at radius 1 is 0.646 bits per heavy atom. The summed E-state index contributed by atoms with van der Waals surface area (Å²) in [5, 5.41) is 10.1. The third kappa shape index (κ3) is 12.6. The summed E-state index contributed by atoms with van der Waals surface area (Å²) in [5.74, 6) is -2.45. The van der Waals surface area contributed by atoms with E-state index in [-0.39, 0.29) is 111 Å². The van der Waals surface area contributed by atoms with E-state index in [4.69, 9.17) is 34.8 Å². The number of nitrogens with zero attached hydrogens (tertiary/aromatic N) is 6. The maximum absolute atomic E-state index is 14.0. The lowest BCUT2D eigenvalue weighted by atomic mass is 10.2. The van der Waals surface area contributed by atoms with Crippen molar-refractivity contribution in [1.29, 1.82) is 0 Å². The van der Waals surface area contributed by atoms with Crippen molar-refractivity contribution in [3.63, 3.8) is 0 Å². The number of benzene rings is 2. The van der Waals surface area contributed by atoms with Crippen LogP contribution in [0.4, 0.5) is 14.5 Å². The van der Waals surface area contributed by atoms with Crippen LogP contribution in [-0.4, -0.2) is 83.6 Å². The minimum Gasteiger partial charge on any atom is -0.350 e. The molecule has 2 saturated carbocycles. The molecule has 0 spiro atoms. The maximum atomic E-state index is 14.0. The Bertz CT molecular complexity index is 2700. The molecule has 344 valence electrons. The van der Waals surface area contributed by atoms with Crippen molar-refractivity contribution in [2.45, 2.75) is 85.7 Å². The van der Waals surface area contributed by atoms with E-state index in [1.807, 2.05) is 6.07 Å². The standard InChI is InChI=1S/C23H23ClFN5O3.C21H19Cl2FN4O2.2CH4/c1-14(31)28-19-7-9-26-23-17(19)8-10-29(23)13-21(33)30(16-5-6-16)12-20(32)27-11-15-3-2-4-18(24)22(15)25;22-16-6-8-25-21-15(16)7-9-27(21)12-19(30)28(14-4-5-14)11-18(29)26-10-13-2-1-3-17(23)20(13)24;;/h2-4,7-10,16H,5-6,11-13H2,1H3,(H,27,32)(H,26,28,31);1-3,6-9,14H,4-5,10-12H2,(H,26,29);2*1H4. The van der Waals surface area contributed by atoms with Gasteiger partial charge < -0.3 is 34.9 Å². The summed E-state index contributed by atoms with van der Waals surface area (Å²) in [6, 6.07) is 16.3. The number of hydrogen-bond donors (Lipinski definition) is 3. The molecule has 0 unspecified atom stereocenters. The second-order valence-corrected chi connectivity index (χ2v) is 16.4. The smallest absolute Gasteiger partial charge is 0.243 e. The van der Waals surface area contributed by atoms with Crippen molar-refractivity contribution in [1.82, 2.24) is 39.5 Å². The lowest BCUT2D eigenvalue weighted by Crippen LogP contribution is -2.43. The van der Waals surface area contributed by atoms with E-state index < -0.39 is 11.6 Å². The number of rotatable bonds is 15. The van der Waals surface area contributed by atoms with Gasteiger partial charge in [0.05, 0.1) is 33.8 Å². The lowest BCUT2D eigenvalue weighted by Gasteiger charge is -2.22. The van der Waals surface area contributed by atoms with Crippen LogP contribution in [0.25, 0.3) is 22.1 Å². The van der Waals surface area contributed by atoms with Gasteiger partial charge in [-0.05, 0) is 62.1 Å². The molecule has 8 rings (SSSR count). The summed E-state index contributed by atoms with van der Waals surface area (Å²) < 4.78 is 31.4. The van der Waals surface area contributed by atoms with Crippen molar-refractivity contribution in [3.8, 4) is 0 Å². The fourth-order valence-electron chi connectivity index (χ4n) is 6.97. The highest BCUT2D eigenvalue weighted by atomic mass is 35.5. The molecule has 0 radical (unpaired) electrons. The van der Waals surface area contributed by atoms with Crippen molar-refractivity contribution in [3.05, 3.63) is 123 Å². The van der Waals surface area contributed by atoms with Gasteiger partial charge in [0.1, 0.15) is 36.0 Å². The second-order valence-electron chi connectivity index (χ2n) is 15.2. The SMILES string of the molecule is C.C.CC(=O)Nc1ccnc2c1ccn2CC(=O)N(CC(=O)NCc1cccc(Cl)c1F)C1CC1.O=C(CN(C(=O)Cn1ccc2c(Cl)ccnc21)C1CC1)NCc1cccc(Cl)c1F. The van der Waals surface area contributed by atoms with Gasteiger partial charge in [0.2, 0.25) is 29.5 Å². The van der Waals surface area contributed by atoms with Crippen molar-refractivity contribution >= 4 is 92.1 Å². The molecule has 3 N–H and O–H groups in total. The van der Waals surface area contributed by atoms with E-state index in [9.17, 15) is 32.8 Å². The van der Waals surface area contributed by atoms with Crippen molar-refractivity contribution in [2.24, 2.45) is 0 Å². The number of aromatic nitrogens is 4. The van der Waals surface area contributed by atoms with Crippen LogP contribution < -0.4 is 16.0 Å². The zero-order valence-corrected chi connectivity index (χ0v) is 36.2. The number of halogens is 5. The average Bonchev–Trinajstić information content (AvgIpc) is 4.20. The predicted molar refractivity (Wildman–Crippen MR) is 248 cm³/mol. The van der Waals surface area contributed by atoms with Crippen molar-refractivity contribution < 1.29 is 32.8 Å². The van der Waals surface area contributed by atoms with E-state index in [1.165, 1.54) is 19.1 Å². The first-order chi connectivity index (χ1) is 30.3. The molecule has 4 aromatic heterocycles. The molecule has 2 aliphatic carbocycles. The van der Waals surface area contributed by atoms with Gasteiger partial charge in [-0.2, -0.15) is 0 Å². The molecule has 65 heavy (non-hydrogen) atoms. The van der Waals surface area contributed by atoms with Gasteiger partial charge in [-0.15, -0.1) is 0 Å². The Balaban J connectivity index is 0.000000238. The van der Waals surface area contributed by atoms with Crippen LogP contribution in [0.5, 0.6) is 0 Å². The third-order valence-corrected chi connectivity index (χ3v) is 11.4. The molecule has 0 atom stereocenters. The number of carbonyl (C=O) groups is 5. The topological polar surface area (TPSA) is 164 Å². The Kier molecular flexibility index (Phi) is 17.0. The highest BCUT2D eigenvalue weighted by molar-refractivity contribution is 6.35. The fourth-order valence-corrected chi connectivity index (χ4v) is 7.56. The molecular weight excluding hydrogens is 903 g/mol. The molecule has 4 heterocycles. The third-order valence-electron chi connectivity index (χ3n) is 10.5. The summed E-state index contributed by atoms with van der Waals surface area (Å²) in [4.78, 5) is 74.1. The van der Waals surface area contributed by atoms with Crippen LogP contribution in [0, 0.1) is 11.6 Å². The maximum Gasteiger partial charge on any atom is 0.243 e. The lowest BCUT2D eigenvalue weighted by molar-refractivity contribution is -0.137. The van der Waals surface area contributed by atoms with Gasteiger partial charge in [-0.3, -0.25) is 24.0 Å². The van der Waals surface area contributed by atoms with Crippen LogP contribution in [0.2, 0.25) is 15.1 Å². The molecule has 2 fully saturated rings. The zero-order valence-electron chi connectivity index (χ0n) is 33.9. The summed E-state index contributed by atoms with van der Waals surface area (Å²) in [5.41, 5.74) is 2.37.